The Bertz CT molecular complexity index is 1230. The van der Waals surface area contributed by atoms with E-state index in [-0.39, 0.29) is 46.4 Å². The van der Waals surface area contributed by atoms with Gasteiger partial charge in [0.25, 0.3) is 0 Å². The third-order valence-corrected chi connectivity index (χ3v) is 5.30. The molecule has 0 saturated carbocycles. The fourth-order valence-corrected chi connectivity index (χ4v) is 4.08. The second-order valence-electron chi connectivity index (χ2n) is 6.89. The van der Waals surface area contributed by atoms with Crippen molar-refractivity contribution < 1.29 is 23.4 Å². The van der Waals surface area contributed by atoms with Gasteiger partial charge in [-0.05, 0) is 6.42 Å². The van der Waals surface area contributed by atoms with Crippen LogP contribution in [-0.2, 0) is 6.61 Å². The van der Waals surface area contributed by atoms with Gasteiger partial charge in [-0.2, -0.15) is 0 Å². The Kier molecular flexibility index (Phi) is 3.36. The molecule has 5 rings (SSSR count). The lowest BCUT2D eigenvalue weighted by molar-refractivity contribution is 0.0696. The number of carboxylic acid groups (broad SMARTS) is 1. The summed E-state index contributed by atoms with van der Waals surface area (Å²) in [5.74, 6) is 3.40. The number of aromatic carboxylic acids is 1. The molecule has 1 unspecified atom stereocenters. The van der Waals surface area contributed by atoms with Crippen molar-refractivity contribution in [1.29, 1.82) is 0 Å². The number of hydrogen-bond donors (Lipinski definition) is 4. The van der Waals surface area contributed by atoms with E-state index in [0.717, 1.165) is 0 Å². The fraction of sp³-hybridized carbons (Fsp3) is 0.294. The average Bonchev–Trinajstić information content (AvgIpc) is 3.27. The molecule has 1 aromatic carbocycles. The standard InChI is InChI=1S/C17H16FN5O5/c18-10-11(21-20)8-12-15(13(10)22-2-1-6(19)3-22)27-4-7-5-28-16(23(7)12)9(14(8)24)17(25)26/h5-6,21H,1-4,19-20H2,(H,25,26). The lowest BCUT2D eigenvalue weighted by Crippen LogP contribution is -2.29. The summed E-state index contributed by atoms with van der Waals surface area (Å²) in [5.41, 5.74) is 7.09. The summed E-state index contributed by atoms with van der Waals surface area (Å²) in [4.78, 5) is 26.4. The van der Waals surface area contributed by atoms with Crippen LogP contribution in [0.1, 0.15) is 22.5 Å². The minimum absolute atomic E-state index is 0.0266. The summed E-state index contributed by atoms with van der Waals surface area (Å²) in [6, 6.07) is -0.123. The van der Waals surface area contributed by atoms with E-state index in [1.54, 1.807) is 4.90 Å². The van der Waals surface area contributed by atoms with Crippen LogP contribution in [0.4, 0.5) is 15.8 Å². The molecule has 0 radical (unpaired) electrons. The quantitative estimate of drug-likeness (QED) is 0.373. The van der Waals surface area contributed by atoms with Crippen molar-refractivity contribution in [2.45, 2.75) is 19.1 Å². The Balaban J connectivity index is 2.01. The van der Waals surface area contributed by atoms with E-state index in [1.807, 2.05) is 0 Å². The number of carboxylic acids is 1. The Morgan fingerprint density at radius 1 is 1.43 bits per heavy atom. The highest BCUT2D eigenvalue weighted by atomic mass is 19.1. The van der Waals surface area contributed by atoms with Gasteiger partial charge in [0, 0.05) is 19.1 Å². The number of halogens is 1. The molecule has 6 N–H and O–H groups in total. The largest absolute Gasteiger partial charge is 0.483 e. The molecule has 0 spiro atoms. The van der Waals surface area contributed by atoms with Crippen molar-refractivity contribution >= 4 is 34.0 Å². The number of nitrogens with two attached hydrogens (primary N) is 2. The van der Waals surface area contributed by atoms with Gasteiger partial charge in [-0.25, -0.2) is 9.18 Å². The van der Waals surface area contributed by atoms with Crippen molar-refractivity contribution in [2.75, 3.05) is 23.4 Å². The predicted molar refractivity (Wildman–Crippen MR) is 97.3 cm³/mol. The molecule has 1 saturated heterocycles. The molecule has 2 aliphatic rings. The van der Waals surface area contributed by atoms with Gasteiger partial charge >= 0.3 is 5.97 Å². The maximum absolute atomic E-state index is 15.5. The van der Waals surface area contributed by atoms with Crippen molar-refractivity contribution in [1.82, 2.24) is 4.40 Å². The highest BCUT2D eigenvalue weighted by molar-refractivity contribution is 6.07. The van der Waals surface area contributed by atoms with Crippen LogP contribution in [0.5, 0.6) is 5.75 Å². The molecule has 10 nitrogen and oxygen atoms in total. The molecule has 146 valence electrons. The maximum atomic E-state index is 15.5. The van der Waals surface area contributed by atoms with Crippen molar-refractivity contribution in [3.05, 3.63) is 33.6 Å². The van der Waals surface area contributed by atoms with Gasteiger partial charge in [-0.3, -0.25) is 15.0 Å². The highest BCUT2D eigenvalue weighted by Gasteiger charge is 2.35. The molecular formula is C17H16FN5O5. The maximum Gasteiger partial charge on any atom is 0.345 e. The fourth-order valence-electron chi connectivity index (χ4n) is 4.08. The van der Waals surface area contributed by atoms with Crippen molar-refractivity contribution in [3.8, 4) is 5.75 Å². The second-order valence-corrected chi connectivity index (χ2v) is 6.89. The normalized spacial score (nSPS) is 18.2. The van der Waals surface area contributed by atoms with Crippen LogP contribution in [0.2, 0.25) is 0 Å². The molecule has 1 fully saturated rings. The molecule has 3 aromatic rings. The summed E-state index contributed by atoms with van der Waals surface area (Å²) >= 11 is 0. The number of carbonyl (C=O) groups is 1. The average molecular weight is 389 g/mol. The minimum atomic E-state index is -1.48. The summed E-state index contributed by atoms with van der Waals surface area (Å²) in [5, 5.41) is 9.33. The monoisotopic (exact) mass is 389 g/mol. The molecule has 1 atom stereocenters. The first-order chi connectivity index (χ1) is 13.4. The number of benzene rings is 1. The van der Waals surface area contributed by atoms with Crippen LogP contribution in [0, 0.1) is 5.82 Å². The number of nitrogens with zero attached hydrogens (tertiary/aromatic N) is 2. The van der Waals surface area contributed by atoms with Crippen molar-refractivity contribution in [2.24, 2.45) is 11.6 Å². The molecule has 11 heteroatoms. The van der Waals surface area contributed by atoms with E-state index in [4.69, 9.17) is 20.7 Å². The van der Waals surface area contributed by atoms with Gasteiger partial charge in [0.05, 0.1) is 11.1 Å². The molecule has 0 bridgehead atoms. The Labute approximate surface area is 156 Å². The van der Waals surface area contributed by atoms with E-state index in [0.29, 0.717) is 25.2 Å². The lowest BCUT2D eigenvalue weighted by atomic mass is 10.0. The van der Waals surface area contributed by atoms with Crippen LogP contribution in [0.25, 0.3) is 16.6 Å². The third kappa shape index (κ3) is 1.97. The van der Waals surface area contributed by atoms with Gasteiger partial charge in [-0.1, -0.05) is 0 Å². The van der Waals surface area contributed by atoms with Crippen LogP contribution in [-0.4, -0.2) is 34.6 Å². The Morgan fingerprint density at radius 2 is 2.21 bits per heavy atom. The second kappa shape index (κ2) is 5.59. The first-order valence-corrected chi connectivity index (χ1v) is 8.61. The number of anilines is 2. The number of hydrazine groups is 1. The summed E-state index contributed by atoms with van der Waals surface area (Å²) in [6.07, 6.45) is 1.99. The molecule has 28 heavy (non-hydrogen) atoms. The number of hydrogen-bond acceptors (Lipinski definition) is 8. The van der Waals surface area contributed by atoms with Crippen LogP contribution < -0.4 is 32.1 Å². The van der Waals surface area contributed by atoms with E-state index in [2.05, 4.69) is 5.43 Å². The summed E-state index contributed by atoms with van der Waals surface area (Å²) < 4.78 is 28.1. The van der Waals surface area contributed by atoms with Gasteiger partial charge in [0.2, 0.25) is 11.1 Å². The number of ether oxygens (including phenoxy) is 1. The van der Waals surface area contributed by atoms with Gasteiger partial charge in [0.1, 0.15) is 29.8 Å². The SMILES string of the molecule is NNc1c(F)c(N2CCC(N)C2)c2c3c1c(=O)c(C(=O)O)c1occ(n13)CO2. The first-order valence-electron chi connectivity index (χ1n) is 8.61. The van der Waals surface area contributed by atoms with E-state index < -0.39 is 22.8 Å². The zero-order chi connectivity index (χ0) is 19.7. The zero-order valence-electron chi connectivity index (χ0n) is 14.5. The van der Waals surface area contributed by atoms with Gasteiger partial charge in [0.15, 0.2) is 17.1 Å². The number of oxazole rings is 1. The van der Waals surface area contributed by atoms with E-state index >= 15 is 4.39 Å². The molecule has 0 amide bonds. The summed E-state index contributed by atoms with van der Waals surface area (Å²) in [7, 11) is 0. The summed E-state index contributed by atoms with van der Waals surface area (Å²) in [6.45, 7) is 0.943. The number of pyridine rings is 1. The smallest absolute Gasteiger partial charge is 0.345 e. The topological polar surface area (TPSA) is 148 Å². The minimum Gasteiger partial charge on any atom is -0.483 e. The molecule has 0 aliphatic carbocycles. The Morgan fingerprint density at radius 3 is 2.86 bits per heavy atom. The first kappa shape index (κ1) is 16.8. The number of aromatic nitrogens is 1. The molecule has 2 aromatic heterocycles. The highest BCUT2D eigenvalue weighted by Crippen LogP contribution is 2.46. The third-order valence-electron chi connectivity index (χ3n) is 5.30. The predicted octanol–water partition coefficient (Wildman–Crippen LogP) is 0.598. The zero-order valence-corrected chi connectivity index (χ0v) is 14.5. The van der Waals surface area contributed by atoms with Gasteiger partial charge in [-0.15, -0.1) is 0 Å². The Hall–Kier alpha value is -3.31. The van der Waals surface area contributed by atoms with Crippen LogP contribution in [0.15, 0.2) is 15.5 Å². The van der Waals surface area contributed by atoms with Crippen LogP contribution >= 0.6 is 0 Å². The lowest BCUT2D eigenvalue weighted by Gasteiger charge is -2.27. The molecule has 2 aliphatic heterocycles. The van der Waals surface area contributed by atoms with Crippen molar-refractivity contribution in [3.63, 3.8) is 0 Å². The number of rotatable bonds is 3. The molecular weight excluding hydrogens is 373 g/mol. The van der Waals surface area contributed by atoms with E-state index in [9.17, 15) is 14.7 Å². The van der Waals surface area contributed by atoms with Gasteiger partial charge < -0.3 is 30.3 Å². The number of nitrogens with one attached hydrogen (secondary N) is 1. The van der Waals surface area contributed by atoms with E-state index in [1.165, 1.54) is 10.7 Å². The number of nitrogen functional groups attached to an aromatic ring is 1. The van der Waals surface area contributed by atoms with Crippen LogP contribution in [0.3, 0.4) is 0 Å². The molecule has 4 heterocycles.